The van der Waals surface area contributed by atoms with Crippen LogP contribution in [0.1, 0.15) is 23.2 Å². The van der Waals surface area contributed by atoms with Crippen molar-refractivity contribution in [3.05, 3.63) is 278 Å². The number of thiophene rings is 1. The maximum atomic E-state index is 6.65. The summed E-state index contributed by atoms with van der Waals surface area (Å²) in [6, 6.07) is 90.1. The maximum absolute atomic E-state index is 6.65. The minimum absolute atomic E-state index is 0.0605. The van der Waals surface area contributed by atoms with Crippen LogP contribution in [0.2, 0.25) is 0 Å². The molecular formula is C77H49N3OS. The van der Waals surface area contributed by atoms with Crippen molar-refractivity contribution in [2.45, 2.75) is 18.9 Å². The third kappa shape index (κ3) is 6.90. The van der Waals surface area contributed by atoms with Crippen molar-refractivity contribution in [3.8, 4) is 50.2 Å². The first kappa shape index (κ1) is 45.6. The number of allylic oxidation sites excluding steroid dienone is 4. The molecule has 2 aliphatic carbocycles. The van der Waals surface area contributed by atoms with Gasteiger partial charge in [0.25, 0.3) is 0 Å². The Bertz CT molecular complexity index is 5220. The standard InChI is InChI=1S/C77H49N3OS/c1-4-16-47(17-5-1)53-36-54(48-18-6-2-7-19-48)38-57(37-53)80-70-33-29-49(39-60(70)63-44-71-62(43-72(63)80)58-24-12-14-26-68(58)78(71)55-20-8-3-9-21-55)51-30-34-74-65(41-51)66-42-52(31-35-75(66)81-74)50-28-32-69-61(40-50)64-46-77-67(59-25-13-15-27-76(59)82-77)45-73(64)79(69)56-22-10-11-23-56/h1-10,12-42,44-46,72H,11,43H2. The summed E-state index contributed by atoms with van der Waals surface area (Å²) in [5, 5.41) is 8.70. The number of para-hydroxylation sites is 2. The van der Waals surface area contributed by atoms with Crippen LogP contribution in [0.5, 0.6) is 0 Å². The molecule has 0 saturated heterocycles. The number of hydrogen-bond donors (Lipinski definition) is 0. The first-order valence-electron chi connectivity index (χ1n) is 28.4. The Morgan fingerprint density at radius 2 is 1.01 bits per heavy atom. The van der Waals surface area contributed by atoms with Crippen LogP contribution in [0.4, 0.5) is 11.4 Å². The minimum atomic E-state index is 0.0605. The third-order valence-corrected chi connectivity index (χ3v) is 18.9. The summed E-state index contributed by atoms with van der Waals surface area (Å²) in [4.78, 5) is 2.64. The van der Waals surface area contributed by atoms with E-state index in [0.29, 0.717) is 0 Å². The van der Waals surface area contributed by atoms with Gasteiger partial charge in [0.15, 0.2) is 0 Å². The van der Waals surface area contributed by atoms with Crippen molar-refractivity contribution >= 4 is 115 Å². The number of aromatic nitrogens is 2. The van der Waals surface area contributed by atoms with E-state index in [1.807, 2.05) is 11.3 Å². The zero-order valence-electron chi connectivity index (χ0n) is 44.6. The van der Waals surface area contributed by atoms with E-state index >= 15 is 0 Å². The molecular weight excluding hydrogens is 1010 g/mol. The molecule has 5 heteroatoms. The predicted molar refractivity (Wildman–Crippen MR) is 347 cm³/mol. The van der Waals surface area contributed by atoms with E-state index in [0.717, 1.165) is 40.3 Å². The molecule has 0 fully saturated rings. The lowest BCUT2D eigenvalue weighted by molar-refractivity contribution is 0.669. The van der Waals surface area contributed by atoms with Crippen LogP contribution < -0.4 is 4.90 Å². The smallest absolute Gasteiger partial charge is 0.135 e. The number of fused-ring (bicyclic) bond motifs is 15. The molecule has 1 atom stereocenters. The lowest BCUT2D eigenvalue weighted by atomic mass is 9.88. The SMILES string of the molecule is C1=CC(n2c3ccc(-c4ccc5oc6ccc(-c7ccc8c(c7)C7=Cc9c(c%10ccccc%10n9-c9ccccc9)CC7N8c7cc(-c8ccccc8)cc(-c8ccccc8)c7)cc6c5c4)cc3c3cc4sc5ccccc5c4cc32)=CC1. The highest BCUT2D eigenvalue weighted by Crippen LogP contribution is 2.53. The van der Waals surface area contributed by atoms with Gasteiger partial charge < -0.3 is 18.5 Å². The zero-order valence-corrected chi connectivity index (χ0v) is 45.4. The largest absolute Gasteiger partial charge is 0.456 e. The van der Waals surface area contributed by atoms with Crippen molar-refractivity contribution in [1.82, 2.24) is 9.13 Å². The zero-order chi connectivity index (χ0) is 53.6. The Morgan fingerprint density at radius 3 is 1.73 bits per heavy atom. The summed E-state index contributed by atoms with van der Waals surface area (Å²) in [6.07, 6.45) is 11.2. The number of benzene rings is 11. The number of rotatable bonds is 7. The van der Waals surface area contributed by atoms with E-state index < -0.39 is 0 Å². The van der Waals surface area contributed by atoms with Crippen LogP contribution in [-0.4, -0.2) is 15.2 Å². The molecule has 0 bridgehead atoms. The van der Waals surface area contributed by atoms with Gasteiger partial charge in [0.05, 0.1) is 28.3 Å². The van der Waals surface area contributed by atoms with Crippen LogP contribution in [0.15, 0.2) is 265 Å². The van der Waals surface area contributed by atoms with Crippen molar-refractivity contribution in [2.75, 3.05) is 4.90 Å². The van der Waals surface area contributed by atoms with Gasteiger partial charge in [-0.1, -0.05) is 152 Å². The second-order valence-electron chi connectivity index (χ2n) is 22.3. The Kier molecular flexibility index (Phi) is 9.82. The van der Waals surface area contributed by atoms with Gasteiger partial charge in [0.1, 0.15) is 11.2 Å². The highest BCUT2D eigenvalue weighted by Gasteiger charge is 2.40. The van der Waals surface area contributed by atoms with E-state index in [1.165, 1.54) is 137 Å². The predicted octanol–water partition coefficient (Wildman–Crippen LogP) is 21.1. The molecule has 18 rings (SSSR count). The average Bonchev–Trinajstić information content (AvgIpc) is 4.08. The summed E-state index contributed by atoms with van der Waals surface area (Å²) < 4.78 is 14.2. The Labute approximate surface area is 477 Å². The quantitative estimate of drug-likeness (QED) is 0.159. The lowest BCUT2D eigenvalue weighted by Crippen LogP contribution is -2.30. The molecule has 5 heterocycles. The van der Waals surface area contributed by atoms with E-state index in [2.05, 4.69) is 281 Å². The van der Waals surface area contributed by atoms with Gasteiger partial charge in [-0.15, -0.1) is 11.3 Å². The summed E-state index contributed by atoms with van der Waals surface area (Å²) in [6.45, 7) is 0. The summed E-state index contributed by atoms with van der Waals surface area (Å²) >= 11 is 1.88. The number of furan rings is 1. The van der Waals surface area contributed by atoms with Crippen molar-refractivity contribution in [2.24, 2.45) is 0 Å². The molecule has 4 aromatic heterocycles. The normalized spacial score (nSPS) is 14.7. The Morgan fingerprint density at radius 1 is 0.402 bits per heavy atom. The second-order valence-corrected chi connectivity index (χ2v) is 23.4. The second kappa shape index (κ2) is 17.6. The van der Waals surface area contributed by atoms with Gasteiger partial charge in [-0.25, -0.2) is 0 Å². The lowest BCUT2D eigenvalue weighted by Gasteiger charge is -2.31. The molecule has 1 aliphatic heterocycles. The molecule has 11 aromatic carbocycles. The molecule has 0 amide bonds. The molecule has 384 valence electrons. The molecule has 15 aromatic rings. The fourth-order valence-corrected chi connectivity index (χ4v) is 15.1. The van der Waals surface area contributed by atoms with E-state index in [1.54, 1.807) is 0 Å². The Hall–Kier alpha value is -10.2. The van der Waals surface area contributed by atoms with Crippen molar-refractivity contribution in [1.29, 1.82) is 0 Å². The van der Waals surface area contributed by atoms with Crippen molar-refractivity contribution in [3.63, 3.8) is 0 Å². The van der Waals surface area contributed by atoms with E-state index in [4.69, 9.17) is 4.42 Å². The molecule has 4 nitrogen and oxygen atoms in total. The number of anilines is 2. The number of hydrogen-bond acceptors (Lipinski definition) is 3. The van der Waals surface area contributed by atoms with Gasteiger partial charge in [0, 0.05) is 81.8 Å². The van der Waals surface area contributed by atoms with Crippen LogP contribution in [-0.2, 0) is 6.42 Å². The highest BCUT2D eigenvalue weighted by atomic mass is 32.1. The van der Waals surface area contributed by atoms with Gasteiger partial charge in [-0.2, -0.15) is 0 Å². The topological polar surface area (TPSA) is 26.2 Å². The van der Waals surface area contributed by atoms with Gasteiger partial charge in [0.2, 0.25) is 0 Å². The summed E-state index contributed by atoms with van der Waals surface area (Å²) in [7, 11) is 0. The van der Waals surface area contributed by atoms with Crippen LogP contribution in [0, 0.1) is 0 Å². The number of nitrogens with zero attached hydrogens (tertiary/aromatic N) is 3. The van der Waals surface area contributed by atoms with Gasteiger partial charge in [-0.3, -0.25) is 0 Å². The van der Waals surface area contributed by atoms with Gasteiger partial charge in [-0.05, 0) is 177 Å². The molecule has 0 saturated carbocycles. The molecule has 1 unspecified atom stereocenters. The maximum Gasteiger partial charge on any atom is 0.135 e. The fourth-order valence-electron chi connectivity index (χ4n) is 14.0. The first-order chi connectivity index (χ1) is 40.6. The molecule has 82 heavy (non-hydrogen) atoms. The fraction of sp³-hybridized carbons (Fsp3) is 0.0390. The van der Waals surface area contributed by atoms with Gasteiger partial charge >= 0.3 is 0 Å². The van der Waals surface area contributed by atoms with E-state index in [-0.39, 0.29) is 6.04 Å². The molecule has 3 aliphatic rings. The molecule has 0 radical (unpaired) electrons. The van der Waals surface area contributed by atoms with Crippen LogP contribution in [0.3, 0.4) is 0 Å². The van der Waals surface area contributed by atoms with Crippen LogP contribution in [0.25, 0.3) is 142 Å². The minimum Gasteiger partial charge on any atom is -0.456 e. The summed E-state index contributed by atoms with van der Waals surface area (Å²) in [5.74, 6) is 0. The Balaban J connectivity index is 0.789. The molecule has 0 N–H and O–H groups in total. The van der Waals surface area contributed by atoms with E-state index in [9.17, 15) is 0 Å². The summed E-state index contributed by atoms with van der Waals surface area (Å²) in [5.41, 5.74) is 25.0. The average molecular weight is 1060 g/mol. The molecule has 0 spiro atoms. The third-order valence-electron chi connectivity index (χ3n) is 17.8. The van der Waals surface area contributed by atoms with Crippen molar-refractivity contribution < 1.29 is 4.42 Å². The monoisotopic (exact) mass is 1060 g/mol. The van der Waals surface area contributed by atoms with Crippen LogP contribution >= 0.6 is 11.3 Å². The highest BCUT2D eigenvalue weighted by molar-refractivity contribution is 7.25. The first-order valence-corrected chi connectivity index (χ1v) is 29.3.